The lowest BCUT2D eigenvalue weighted by Crippen LogP contribution is -2.36. The highest BCUT2D eigenvalue weighted by Gasteiger charge is 2.33. The number of sulfonamides is 1. The van der Waals surface area contributed by atoms with Gasteiger partial charge in [0.2, 0.25) is 16.0 Å². The van der Waals surface area contributed by atoms with Crippen molar-refractivity contribution >= 4 is 16.0 Å². The topological polar surface area (TPSA) is 75.2 Å². The molecule has 1 aromatic rings. The molecule has 7 heteroatoms. The minimum absolute atomic E-state index is 0.374. The second-order valence-corrected chi connectivity index (χ2v) is 6.44. The number of anilines is 1. The Kier molecular flexibility index (Phi) is 3.82. The molecule has 1 atom stereocenters. The van der Waals surface area contributed by atoms with Crippen LogP contribution in [0.5, 0.6) is 0 Å². The summed E-state index contributed by atoms with van der Waals surface area (Å²) < 4.78 is 26.3. The molecule has 0 aliphatic carbocycles. The quantitative estimate of drug-likeness (QED) is 0.852. The van der Waals surface area contributed by atoms with Gasteiger partial charge >= 0.3 is 0 Å². The Morgan fingerprint density at radius 2 is 2.33 bits per heavy atom. The zero-order chi connectivity index (χ0) is 13.2. The molecule has 0 spiro atoms. The van der Waals surface area contributed by atoms with Crippen molar-refractivity contribution in [1.82, 2.24) is 14.7 Å². The van der Waals surface area contributed by atoms with Crippen LogP contribution in [0, 0.1) is 6.92 Å². The Morgan fingerprint density at radius 3 is 3.00 bits per heavy atom. The van der Waals surface area contributed by atoms with Crippen LogP contribution in [-0.4, -0.2) is 43.3 Å². The average molecular weight is 270 g/mol. The summed E-state index contributed by atoms with van der Waals surface area (Å²) in [6.07, 6.45) is 2.32. The van der Waals surface area contributed by atoms with Crippen LogP contribution in [0.3, 0.4) is 0 Å². The second kappa shape index (κ2) is 5.19. The first-order valence-corrected chi connectivity index (χ1v) is 7.60. The van der Waals surface area contributed by atoms with Gasteiger partial charge in [-0.2, -0.15) is 0 Å². The summed E-state index contributed by atoms with van der Waals surface area (Å²) in [5.41, 5.74) is 0.887. The SMILES string of the molecule is CCNS(=O)(=O)[C@@H]1CCN(c2nccc(C)n2)C1. The Hall–Kier alpha value is -1.21. The van der Waals surface area contributed by atoms with E-state index in [1.54, 1.807) is 13.1 Å². The molecule has 1 saturated heterocycles. The fourth-order valence-electron chi connectivity index (χ4n) is 2.07. The molecule has 0 aromatic carbocycles. The van der Waals surface area contributed by atoms with Crippen molar-refractivity contribution in [2.45, 2.75) is 25.5 Å². The molecule has 0 amide bonds. The van der Waals surface area contributed by atoms with Crippen LogP contribution in [0.1, 0.15) is 19.0 Å². The molecule has 0 unspecified atom stereocenters. The zero-order valence-corrected chi connectivity index (χ0v) is 11.4. The van der Waals surface area contributed by atoms with E-state index in [4.69, 9.17) is 0 Å². The van der Waals surface area contributed by atoms with E-state index < -0.39 is 10.0 Å². The Morgan fingerprint density at radius 1 is 1.56 bits per heavy atom. The van der Waals surface area contributed by atoms with Crippen molar-refractivity contribution in [2.75, 3.05) is 24.5 Å². The lowest BCUT2D eigenvalue weighted by Gasteiger charge is -2.16. The van der Waals surface area contributed by atoms with Gasteiger partial charge in [-0.05, 0) is 19.4 Å². The lowest BCUT2D eigenvalue weighted by molar-refractivity contribution is 0.570. The summed E-state index contributed by atoms with van der Waals surface area (Å²) in [5, 5.41) is -0.374. The molecular weight excluding hydrogens is 252 g/mol. The van der Waals surface area contributed by atoms with Crippen molar-refractivity contribution in [2.24, 2.45) is 0 Å². The third-order valence-corrected chi connectivity index (χ3v) is 4.95. The van der Waals surface area contributed by atoms with Crippen LogP contribution in [0.2, 0.25) is 0 Å². The monoisotopic (exact) mass is 270 g/mol. The number of hydrogen-bond donors (Lipinski definition) is 1. The van der Waals surface area contributed by atoms with E-state index in [9.17, 15) is 8.42 Å². The molecule has 100 valence electrons. The van der Waals surface area contributed by atoms with E-state index in [-0.39, 0.29) is 5.25 Å². The zero-order valence-electron chi connectivity index (χ0n) is 10.6. The van der Waals surface area contributed by atoms with E-state index in [0.29, 0.717) is 32.0 Å². The van der Waals surface area contributed by atoms with Crippen molar-refractivity contribution in [1.29, 1.82) is 0 Å². The first kappa shape index (κ1) is 13.2. The van der Waals surface area contributed by atoms with Gasteiger partial charge < -0.3 is 4.90 Å². The van der Waals surface area contributed by atoms with Crippen LogP contribution in [0.4, 0.5) is 5.95 Å². The fourth-order valence-corrected chi connectivity index (χ4v) is 3.50. The summed E-state index contributed by atoms with van der Waals surface area (Å²) in [5.74, 6) is 0.615. The van der Waals surface area contributed by atoms with Gasteiger partial charge in [0, 0.05) is 31.5 Å². The standard InChI is InChI=1S/C11H18N4O2S/c1-3-13-18(16,17)10-5-7-15(8-10)11-12-6-4-9(2)14-11/h4,6,10,13H,3,5,7-8H2,1-2H3/t10-/m1/s1. The number of aryl methyl sites for hydroxylation is 1. The van der Waals surface area contributed by atoms with Crippen LogP contribution >= 0.6 is 0 Å². The van der Waals surface area contributed by atoms with Crippen molar-refractivity contribution in [3.8, 4) is 0 Å². The van der Waals surface area contributed by atoms with Crippen LogP contribution in [0.15, 0.2) is 12.3 Å². The fraction of sp³-hybridized carbons (Fsp3) is 0.636. The highest BCUT2D eigenvalue weighted by molar-refractivity contribution is 7.90. The molecule has 2 heterocycles. The Bertz CT molecular complexity index is 518. The molecule has 0 saturated carbocycles. The molecule has 1 fully saturated rings. The molecule has 6 nitrogen and oxygen atoms in total. The van der Waals surface area contributed by atoms with Crippen molar-refractivity contribution < 1.29 is 8.42 Å². The number of aromatic nitrogens is 2. The predicted octanol–water partition coefficient (Wildman–Crippen LogP) is 0.303. The summed E-state index contributed by atoms with van der Waals surface area (Å²) in [7, 11) is -3.21. The van der Waals surface area contributed by atoms with Crippen LogP contribution in [0.25, 0.3) is 0 Å². The van der Waals surface area contributed by atoms with Crippen LogP contribution in [-0.2, 0) is 10.0 Å². The summed E-state index contributed by atoms with van der Waals surface area (Å²) >= 11 is 0. The van der Waals surface area contributed by atoms with E-state index in [0.717, 1.165) is 5.69 Å². The molecule has 1 aliphatic rings. The Balaban J connectivity index is 2.09. The third-order valence-electron chi connectivity index (χ3n) is 2.99. The lowest BCUT2D eigenvalue weighted by atomic mass is 10.4. The maximum absolute atomic E-state index is 11.9. The molecule has 0 bridgehead atoms. The van der Waals surface area contributed by atoms with Crippen molar-refractivity contribution in [3.63, 3.8) is 0 Å². The van der Waals surface area contributed by atoms with Gasteiger partial charge in [-0.1, -0.05) is 6.92 Å². The van der Waals surface area contributed by atoms with Crippen LogP contribution < -0.4 is 9.62 Å². The predicted molar refractivity (Wildman–Crippen MR) is 70.0 cm³/mol. The smallest absolute Gasteiger partial charge is 0.225 e. The highest BCUT2D eigenvalue weighted by Crippen LogP contribution is 2.20. The summed E-state index contributed by atoms with van der Waals surface area (Å²) in [6.45, 7) is 5.25. The highest BCUT2D eigenvalue weighted by atomic mass is 32.2. The molecule has 1 aliphatic heterocycles. The van der Waals surface area contributed by atoms with E-state index in [1.807, 2.05) is 17.9 Å². The normalized spacial score (nSPS) is 20.3. The minimum atomic E-state index is -3.21. The first-order valence-electron chi connectivity index (χ1n) is 6.06. The maximum Gasteiger partial charge on any atom is 0.225 e. The number of rotatable bonds is 4. The molecule has 2 rings (SSSR count). The van der Waals surface area contributed by atoms with Gasteiger partial charge in [0.05, 0.1) is 5.25 Å². The maximum atomic E-state index is 11.9. The van der Waals surface area contributed by atoms with Gasteiger partial charge in [0.1, 0.15) is 0 Å². The molecule has 0 radical (unpaired) electrons. The second-order valence-electron chi connectivity index (χ2n) is 4.40. The summed E-state index contributed by atoms with van der Waals surface area (Å²) in [4.78, 5) is 10.4. The van der Waals surface area contributed by atoms with Gasteiger partial charge in [-0.3, -0.25) is 0 Å². The average Bonchev–Trinajstić information content (AvgIpc) is 2.78. The van der Waals surface area contributed by atoms with E-state index in [2.05, 4.69) is 14.7 Å². The molecule has 18 heavy (non-hydrogen) atoms. The largest absolute Gasteiger partial charge is 0.339 e. The van der Waals surface area contributed by atoms with E-state index >= 15 is 0 Å². The van der Waals surface area contributed by atoms with Gasteiger partial charge in [-0.25, -0.2) is 23.1 Å². The van der Waals surface area contributed by atoms with Crippen molar-refractivity contribution in [3.05, 3.63) is 18.0 Å². The minimum Gasteiger partial charge on any atom is -0.339 e. The van der Waals surface area contributed by atoms with Gasteiger partial charge in [0.25, 0.3) is 0 Å². The van der Waals surface area contributed by atoms with Gasteiger partial charge in [-0.15, -0.1) is 0 Å². The Labute approximate surface area is 107 Å². The number of nitrogens with one attached hydrogen (secondary N) is 1. The summed E-state index contributed by atoms with van der Waals surface area (Å²) in [6, 6.07) is 1.83. The molecule has 1 aromatic heterocycles. The number of hydrogen-bond acceptors (Lipinski definition) is 5. The first-order chi connectivity index (χ1) is 8.53. The van der Waals surface area contributed by atoms with E-state index in [1.165, 1.54) is 0 Å². The van der Waals surface area contributed by atoms with Gasteiger partial charge in [0.15, 0.2) is 0 Å². The number of nitrogens with zero attached hydrogens (tertiary/aromatic N) is 3. The molecular formula is C11H18N4O2S. The molecule has 1 N–H and O–H groups in total. The third kappa shape index (κ3) is 2.78.